The molecule has 1 heteroatoms. The molecule has 0 aromatic carbocycles. The Kier molecular flexibility index (Phi) is 2.40. The highest BCUT2D eigenvalue weighted by molar-refractivity contribution is 4.91. The van der Waals surface area contributed by atoms with Gasteiger partial charge in [0.25, 0.3) is 0 Å². The molecule has 0 spiro atoms. The monoisotopic (exact) mass is 167 g/mol. The molecule has 3 unspecified atom stereocenters. The number of nitrogens with zero attached hydrogens (tertiary/aromatic N) is 1. The fourth-order valence-electron chi connectivity index (χ4n) is 3.18. The number of likely N-dealkylation sites (tertiary alicyclic amines) is 1. The molecule has 1 nitrogen and oxygen atoms in total. The van der Waals surface area contributed by atoms with Crippen LogP contribution in [0.25, 0.3) is 0 Å². The number of rotatable bonds is 2. The van der Waals surface area contributed by atoms with Gasteiger partial charge in [-0.3, -0.25) is 0 Å². The standard InChI is InChI=1S/C11H21N/c1-3-9-5-10-7-11(6-9)12(4-2)8-10/h9-11H,3-8H2,1-2H3. The molecule has 2 aliphatic rings. The number of hydrogen-bond donors (Lipinski definition) is 0. The van der Waals surface area contributed by atoms with Crippen LogP contribution in [0.2, 0.25) is 0 Å². The highest BCUT2D eigenvalue weighted by Crippen LogP contribution is 2.39. The van der Waals surface area contributed by atoms with Gasteiger partial charge < -0.3 is 4.90 Å². The van der Waals surface area contributed by atoms with E-state index >= 15 is 0 Å². The summed E-state index contributed by atoms with van der Waals surface area (Å²) in [4.78, 5) is 2.69. The smallest absolute Gasteiger partial charge is 0.0101 e. The van der Waals surface area contributed by atoms with Gasteiger partial charge in [-0.1, -0.05) is 20.3 Å². The maximum atomic E-state index is 2.69. The first kappa shape index (κ1) is 8.55. The third-order valence-corrected chi connectivity index (χ3v) is 3.87. The number of fused-ring (bicyclic) bond motifs is 2. The van der Waals surface area contributed by atoms with Crippen LogP contribution in [0.5, 0.6) is 0 Å². The fraction of sp³-hybridized carbons (Fsp3) is 1.00. The van der Waals surface area contributed by atoms with Gasteiger partial charge >= 0.3 is 0 Å². The molecule has 70 valence electrons. The molecule has 0 aromatic rings. The predicted octanol–water partition coefficient (Wildman–Crippen LogP) is 2.52. The molecule has 12 heavy (non-hydrogen) atoms. The molecule has 2 bridgehead atoms. The molecular weight excluding hydrogens is 146 g/mol. The molecule has 2 rings (SSSR count). The van der Waals surface area contributed by atoms with E-state index in [0.29, 0.717) is 0 Å². The van der Waals surface area contributed by atoms with E-state index in [9.17, 15) is 0 Å². The molecule has 3 atom stereocenters. The van der Waals surface area contributed by atoms with Crippen LogP contribution in [0.1, 0.15) is 39.5 Å². The Balaban J connectivity index is 1.98. The van der Waals surface area contributed by atoms with E-state index in [0.717, 1.165) is 17.9 Å². The minimum Gasteiger partial charge on any atom is -0.300 e. The van der Waals surface area contributed by atoms with Crippen LogP contribution in [0, 0.1) is 11.8 Å². The van der Waals surface area contributed by atoms with Crippen molar-refractivity contribution in [3.63, 3.8) is 0 Å². The molecule has 0 radical (unpaired) electrons. The van der Waals surface area contributed by atoms with Crippen molar-refractivity contribution in [2.45, 2.75) is 45.6 Å². The van der Waals surface area contributed by atoms with Crippen LogP contribution < -0.4 is 0 Å². The highest BCUT2D eigenvalue weighted by Gasteiger charge is 2.37. The van der Waals surface area contributed by atoms with E-state index in [1.165, 1.54) is 38.8 Å². The SMILES string of the molecule is CCC1CC2CC(C1)N(CC)C2. The van der Waals surface area contributed by atoms with Gasteiger partial charge in [0.1, 0.15) is 0 Å². The van der Waals surface area contributed by atoms with Gasteiger partial charge in [0.05, 0.1) is 0 Å². The molecule has 1 aliphatic carbocycles. The third kappa shape index (κ3) is 1.39. The lowest BCUT2D eigenvalue weighted by molar-refractivity contribution is 0.223. The van der Waals surface area contributed by atoms with Gasteiger partial charge in [0, 0.05) is 12.6 Å². The zero-order valence-electron chi connectivity index (χ0n) is 8.42. The summed E-state index contributed by atoms with van der Waals surface area (Å²) in [6.07, 6.45) is 5.92. The average Bonchev–Trinajstić information content (AvgIpc) is 2.40. The van der Waals surface area contributed by atoms with Crippen LogP contribution in [0.15, 0.2) is 0 Å². The topological polar surface area (TPSA) is 3.24 Å². The van der Waals surface area contributed by atoms with Crippen LogP contribution >= 0.6 is 0 Å². The van der Waals surface area contributed by atoms with E-state index in [-0.39, 0.29) is 0 Å². The summed E-state index contributed by atoms with van der Waals surface area (Å²) >= 11 is 0. The zero-order valence-corrected chi connectivity index (χ0v) is 8.42. The molecule has 1 saturated heterocycles. The van der Waals surface area contributed by atoms with Crippen molar-refractivity contribution in [2.24, 2.45) is 11.8 Å². The van der Waals surface area contributed by atoms with Crippen molar-refractivity contribution in [3.8, 4) is 0 Å². The van der Waals surface area contributed by atoms with Crippen molar-refractivity contribution in [1.29, 1.82) is 0 Å². The first-order chi connectivity index (χ1) is 5.83. The average molecular weight is 167 g/mol. The summed E-state index contributed by atoms with van der Waals surface area (Å²) in [6.45, 7) is 7.34. The highest BCUT2D eigenvalue weighted by atomic mass is 15.2. The quantitative estimate of drug-likeness (QED) is 0.611. The Morgan fingerprint density at radius 3 is 2.67 bits per heavy atom. The fourth-order valence-corrected chi connectivity index (χ4v) is 3.18. The Morgan fingerprint density at radius 2 is 2.00 bits per heavy atom. The second-order valence-electron chi connectivity index (χ2n) is 4.59. The first-order valence-electron chi connectivity index (χ1n) is 5.57. The van der Waals surface area contributed by atoms with Gasteiger partial charge in [-0.15, -0.1) is 0 Å². The summed E-state index contributed by atoms with van der Waals surface area (Å²) in [7, 11) is 0. The van der Waals surface area contributed by atoms with Crippen molar-refractivity contribution in [2.75, 3.05) is 13.1 Å². The van der Waals surface area contributed by atoms with Gasteiger partial charge in [-0.25, -0.2) is 0 Å². The summed E-state index contributed by atoms with van der Waals surface area (Å²) in [6, 6.07) is 0.957. The van der Waals surface area contributed by atoms with Crippen LogP contribution in [-0.2, 0) is 0 Å². The van der Waals surface area contributed by atoms with Gasteiger partial charge in [-0.2, -0.15) is 0 Å². The molecule has 0 N–H and O–H groups in total. The van der Waals surface area contributed by atoms with E-state index in [2.05, 4.69) is 18.7 Å². The molecule has 0 aromatic heterocycles. The van der Waals surface area contributed by atoms with Gasteiger partial charge in [-0.05, 0) is 37.6 Å². The second kappa shape index (κ2) is 3.37. The predicted molar refractivity (Wildman–Crippen MR) is 52.2 cm³/mol. The van der Waals surface area contributed by atoms with E-state index in [4.69, 9.17) is 0 Å². The molecule has 1 saturated carbocycles. The number of hydrogen-bond acceptors (Lipinski definition) is 1. The lowest BCUT2D eigenvalue weighted by Gasteiger charge is -2.28. The molecule has 1 heterocycles. The largest absolute Gasteiger partial charge is 0.300 e. The molecule has 0 amide bonds. The van der Waals surface area contributed by atoms with Crippen LogP contribution in [-0.4, -0.2) is 24.0 Å². The summed E-state index contributed by atoms with van der Waals surface area (Å²) < 4.78 is 0. The van der Waals surface area contributed by atoms with Gasteiger partial charge in [0.15, 0.2) is 0 Å². The lowest BCUT2D eigenvalue weighted by Crippen LogP contribution is -2.30. The third-order valence-electron chi connectivity index (χ3n) is 3.87. The zero-order chi connectivity index (χ0) is 8.55. The Bertz CT molecular complexity index is 153. The summed E-state index contributed by atoms with van der Waals surface area (Å²) in [5.41, 5.74) is 0. The normalized spacial score (nSPS) is 42.0. The molecular formula is C11H21N. The minimum atomic E-state index is 0.957. The van der Waals surface area contributed by atoms with Crippen molar-refractivity contribution in [1.82, 2.24) is 4.90 Å². The van der Waals surface area contributed by atoms with Crippen molar-refractivity contribution >= 4 is 0 Å². The minimum absolute atomic E-state index is 0.957. The van der Waals surface area contributed by atoms with E-state index < -0.39 is 0 Å². The second-order valence-corrected chi connectivity index (χ2v) is 4.59. The Morgan fingerprint density at radius 1 is 1.17 bits per heavy atom. The first-order valence-corrected chi connectivity index (χ1v) is 5.57. The van der Waals surface area contributed by atoms with Crippen molar-refractivity contribution < 1.29 is 0 Å². The Labute approximate surface area is 76.1 Å². The molecule has 2 fully saturated rings. The summed E-state index contributed by atoms with van der Waals surface area (Å²) in [5, 5.41) is 0. The lowest BCUT2D eigenvalue weighted by atomic mass is 9.81. The maximum Gasteiger partial charge on any atom is 0.0101 e. The summed E-state index contributed by atoms with van der Waals surface area (Å²) in [5.74, 6) is 2.10. The van der Waals surface area contributed by atoms with E-state index in [1.807, 2.05) is 0 Å². The molecule has 1 aliphatic heterocycles. The van der Waals surface area contributed by atoms with E-state index in [1.54, 1.807) is 0 Å². The Hall–Kier alpha value is -0.0400. The van der Waals surface area contributed by atoms with Crippen LogP contribution in [0.4, 0.5) is 0 Å². The van der Waals surface area contributed by atoms with Gasteiger partial charge in [0.2, 0.25) is 0 Å². The maximum absolute atomic E-state index is 2.69. The van der Waals surface area contributed by atoms with Crippen molar-refractivity contribution in [3.05, 3.63) is 0 Å². The van der Waals surface area contributed by atoms with Crippen LogP contribution in [0.3, 0.4) is 0 Å².